The van der Waals surface area contributed by atoms with E-state index in [0.717, 1.165) is 23.9 Å². The third kappa shape index (κ3) is 4.32. The van der Waals surface area contributed by atoms with Gasteiger partial charge in [0.1, 0.15) is 0 Å². The Balaban J connectivity index is 1.70. The Morgan fingerprint density at radius 2 is 2.21 bits per heavy atom. The Bertz CT molecular complexity index is 369. The Morgan fingerprint density at radius 1 is 1.47 bits per heavy atom. The fourth-order valence-corrected chi connectivity index (χ4v) is 2.92. The number of aryl methyl sites for hydroxylation is 1. The Kier molecular flexibility index (Phi) is 5.40. The number of likely N-dealkylation sites (tertiary alicyclic amines) is 1. The van der Waals surface area contributed by atoms with Crippen LogP contribution in [0.25, 0.3) is 0 Å². The van der Waals surface area contributed by atoms with E-state index >= 15 is 0 Å². The Morgan fingerprint density at radius 3 is 2.79 bits per heavy atom. The second kappa shape index (κ2) is 7.06. The van der Waals surface area contributed by atoms with Crippen molar-refractivity contribution in [2.75, 3.05) is 19.6 Å². The van der Waals surface area contributed by atoms with Gasteiger partial charge in [0.05, 0.1) is 12.2 Å². The van der Waals surface area contributed by atoms with Crippen molar-refractivity contribution in [3.63, 3.8) is 0 Å². The van der Waals surface area contributed by atoms with E-state index < -0.39 is 0 Å². The summed E-state index contributed by atoms with van der Waals surface area (Å²) < 4.78 is 5.23. The van der Waals surface area contributed by atoms with E-state index in [1.165, 1.54) is 38.9 Å². The highest BCUT2D eigenvalue weighted by molar-refractivity contribution is 5.02. The van der Waals surface area contributed by atoms with Gasteiger partial charge < -0.3 is 14.7 Å². The van der Waals surface area contributed by atoms with E-state index in [1.807, 2.05) is 13.0 Å². The van der Waals surface area contributed by atoms with E-state index in [4.69, 9.17) is 4.52 Å². The lowest BCUT2D eigenvalue weighted by Crippen LogP contribution is -2.41. The Labute approximate surface area is 116 Å². The molecule has 4 heteroatoms. The number of aromatic nitrogens is 1. The second-order valence-electron chi connectivity index (χ2n) is 5.78. The number of nitrogens with zero attached hydrogens (tertiary/aromatic N) is 2. The van der Waals surface area contributed by atoms with Gasteiger partial charge in [0.15, 0.2) is 5.76 Å². The van der Waals surface area contributed by atoms with Crippen LogP contribution in [-0.2, 0) is 6.54 Å². The summed E-state index contributed by atoms with van der Waals surface area (Å²) in [7, 11) is 0. The van der Waals surface area contributed by atoms with E-state index in [2.05, 4.69) is 29.2 Å². The molecule has 2 heterocycles. The number of piperidine rings is 1. The van der Waals surface area contributed by atoms with Crippen LogP contribution in [0, 0.1) is 12.8 Å². The summed E-state index contributed by atoms with van der Waals surface area (Å²) in [5.41, 5.74) is 0.956. The summed E-state index contributed by atoms with van der Waals surface area (Å²) in [4.78, 5) is 2.59. The standard InChI is InChI=1S/C15H27N3O/c1-4-7-18-8-5-14(6-9-18)13(3)16-11-15-10-12(2)17-19-15/h10,13-14,16H,4-9,11H2,1-3H3. The molecule has 0 aliphatic carbocycles. The first-order valence-electron chi connectivity index (χ1n) is 7.57. The number of hydrogen-bond acceptors (Lipinski definition) is 4. The lowest BCUT2D eigenvalue weighted by Gasteiger charge is -2.35. The van der Waals surface area contributed by atoms with Crippen LogP contribution in [0.2, 0.25) is 0 Å². The molecule has 1 atom stereocenters. The van der Waals surface area contributed by atoms with E-state index in [1.54, 1.807) is 0 Å². The largest absolute Gasteiger partial charge is 0.360 e. The van der Waals surface area contributed by atoms with E-state index in [-0.39, 0.29) is 0 Å². The topological polar surface area (TPSA) is 41.3 Å². The van der Waals surface area contributed by atoms with Crippen LogP contribution >= 0.6 is 0 Å². The molecule has 108 valence electrons. The monoisotopic (exact) mass is 265 g/mol. The fourth-order valence-electron chi connectivity index (χ4n) is 2.92. The minimum absolute atomic E-state index is 0.550. The summed E-state index contributed by atoms with van der Waals surface area (Å²) in [5, 5.41) is 7.49. The summed E-state index contributed by atoms with van der Waals surface area (Å²) in [6, 6.07) is 2.55. The van der Waals surface area contributed by atoms with Crippen LogP contribution in [0.5, 0.6) is 0 Å². The zero-order chi connectivity index (χ0) is 13.7. The van der Waals surface area contributed by atoms with Gasteiger partial charge >= 0.3 is 0 Å². The molecule has 1 N–H and O–H groups in total. The highest BCUT2D eigenvalue weighted by Gasteiger charge is 2.23. The van der Waals surface area contributed by atoms with Gasteiger partial charge in [-0.3, -0.25) is 0 Å². The molecule has 19 heavy (non-hydrogen) atoms. The normalized spacial score (nSPS) is 19.7. The number of rotatable bonds is 6. The predicted molar refractivity (Wildman–Crippen MR) is 77.0 cm³/mol. The molecule has 1 aliphatic heterocycles. The van der Waals surface area contributed by atoms with Crippen molar-refractivity contribution in [2.24, 2.45) is 5.92 Å². The van der Waals surface area contributed by atoms with Crippen molar-refractivity contribution >= 4 is 0 Å². The lowest BCUT2D eigenvalue weighted by atomic mass is 9.90. The van der Waals surface area contributed by atoms with Gasteiger partial charge in [-0.25, -0.2) is 0 Å². The van der Waals surface area contributed by atoms with Gasteiger partial charge in [-0.2, -0.15) is 0 Å². The molecule has 0 bridgehead atoms. The number of nitrogens with one attached hydrogen (secondary N) is 1. The Hall–Kier alpha value is -0.870. The maximum absolute atomic E-state index is 5.23. The van der Waals surface area contributed by atoms with Crippen molar-refractivity contribution in [1.29, 1.82) is 0 Å². The zero-order valence-corrected chi connectivity index (χ0v) is 12.5. The van der Waals surface area contributed by atoms with E-state index in [9.17, 15) is 0 Å². The first kappa shape index (κ1) is 14.5. The summed E-state index contributed by atoms with van der Waals surface area (Å²) in [5.74, 6) is 1.73. The van der Waals surface area contributed by atoms with Gasteiger partial charge in [0, 0.05) is 12.1 Å². The molecule has 4 nitrogen and oxygen atoms in total. The highest BCUT2D eigenvalue weighted by Crippen LogP contribution is 2.21. The van der Waals surface area contributed by atoms with Crippen LogP contribution in [0.4, 0.5) is 0 Å². The van der Waals surface area contributed by atoms with Gasteiger partial charge in [0.2, 0.25) is 0 Å². The fraction of sp³-hybridized carbons (Fsp3) is 0.800. The van der Waals surface area contributed by atoms with Crippen molar-refractivity contribution < 1.29 is 4.52 Å². The molecule has 1 unspecified atom stereocenters. The molecule has 2 rings (SSSR count). The average Bonchev–Trinajstić information content (AvgIpc) is 2.83. The van der Waals surface area contributed by atoms with Gasteiger partial charge in [-0.15, -0.1) is 0 Å². The molecular weight excluding hydrogens is 238 g/mol. The molecule has 0 spiro atoms. The maximum atomic E-state index is 5.23. The third-order valence-electron chi connectivity index (χ3n) is 4.15. The molecule has 0 saturated carbocycles. The summed E-state index contributed by atoms with van der Waals surface area (Å²) >= 11 is 0. The minimum Gasteiger partial charge on any atom is -0.360 e. The van der Waals surface area contributed by atoms with Crippen LogP contribution in [-0.4, -0.2) is 35.7 Å². The van der Waals surface area contributed by atoms with Crippen molar-refractivity contribution in [3.8, 4) is 0 Å². The molecule has 1 fully saturated rings. The first-order valence-corrected chi connectivity index (χ1v) is 7.57. The number of hydrogen-bond donors (Lipinski definition) is 1. The quantitative estimate of drug-likeness (QED) is 0.858. The van der Waals surface area contributed by atoms with Gasteiger partial charge in [0.25, 0.3) is 0 Å². The van der Waals surface area contributed by atoms with Crippen LogP contribution < -0.4 is 5.32 Å². The smallest absolute Gasteiger partial charge is 0.150 e. The summed E-state index contributed by atoms with van der Waals surface area (Å²) in [6.45, 7) is 11.1. The van der Waals surface area contributed by atoms with Crippen molar-refractivity contribution in [2.45, 2.75) is 52.6 Å². The predicted octanol–water partition coefficient (Wildman–Crippen LogP) is 2.58. The molecule has 1 saturated heterocycles. The van der Waals surface area contributed by atoms with Crippen LogP contribution in [0.1, 0.15) is 44.6 Å². The van der Waals surface area contributed by atoms with Crippen molar-refractivity contribution in [1.82, 2.24) is 15.4 Å². The van der Waals surface area contributed by atoms with Crippen LogP contribution in [0.3, 0.4) is 0 Å². The average molecular weight is 265 g/mol. The zero-order valence-electron chi connectivity index (χ0n) is 12.5. The molecule has 1 aliphatic rings. The lowest BCUT2D eigenvalue weighted by molar-refractivity contribution is 0.161. The third-order valence-corrected chi connectivity index (χ3v) is 4.15. The maximum Gasteiger partial charge on any atom is 0.150 e. The first-order chi connectivity index (χ1) is 9.19. The molecule has 1 aromatic heterocycles. The van der Waals surface area contributed by atoms with Crippen molar-refractivity contribution in [3.05, 3.63) is 17.5 Å². The van der Waals surface area contributed by atoms with Gasteiger partial charge in [-0.05, 0) is 58.7 Å². The highest BCUT2D eigenvalue weighted by atomic mass is 16.5. The second-order valence-corrected chi connectivity index (χ2v) is 5.78. The van der Waals surface area contributed by atoms with Crippen LogP contribution in [0.15, 0.2) is 10.6 Å². The molecular formula is C15H27N3O. The van der Waals surface area contributed by atoms with E-state index in [0.29, 0.717) is 6.04 Å². The van der Waals surface area contributed by atoms with Gasteiger partial charge in [-0.1, -0.05) is 12.1 Å². The molecule has 0 amide bonds. The molecule has 0 radical (unpaired) electrons. The molecule has 0 aromatic carbocycles. The minimum atomic E-state index is 0.550. The summed E-state index contributed by atoms with van der Waals surface area (Å²) in [6.07, 6.45) is 3.89. The SMILES string of the molecule is CCCN1CCC(C(C)NCc2cc(C)no2)CC1. The molecule has 1 aromatic rings.